The van der Waals surface area contributed by atoms with Crippen LogP contribution < -0.4 is 5.32 Å². The highest BCUT2D eigenvalue weighted by atomic mass is 19.1. The molecule has 2 fully saturated rings. The van der Waals surface area contributed by atoms with Gasteiger partial charge in [0.05, 0.1) is 0 Å². The lowest BCUT2D eigenvalue weighted by molar-refractivity contribution is 0.0159. The molecule has 2 aliphatic heterocycles. The summed E-state index contributed by atoms with van der Waals surface area (Å²) in [6, 6.07) is 8.13. The van der Waals surface area contributed by atoms with Crippen molar-refractivity contribution in [2.24, 2.45) is 0 Å². The summed E-state index contributed by atoms with van der Waals surface area (Å²) >= 11 is 0. The molecule has 1 atom stereocenters. The van der Waals surface area contributed by atoms with Crippen molar-refractivity contribution in [3.63, 3.8) is 0 Å². The second-order valence-electron chi connectivity index (χ2n) is 5.79. The van der Waals surface area contributed by atoms with E-state index in [9.17, 15) is 4.39 Å². The SMILES string of the molecule is Fc1ccc(CN(C2CCOCC2)[C@H]2CCNC2)cc1. The van der Waals surface area contributed by atoms with Crippen LogP contribution in [0.1, 0.15) is 24.8 Å². The largest absolute Gasteiger partial charge is 0.381 e. The Morgan fingerprint density at radius 1 is 1.10 bits per heavy atom. The van der Waals surface area contributed by atoms with Gasteiger partial charge in [0.2, 0.25) is 0 Å². The normalized spacial score (nSPS) is 24.4. The smallest absolute Gasteiger partial charge is 0.123 e. The van der Waals surface area contributed by atoms with Crippen LogP contribution >= 0.6 is 0 Å². The molecule has 3 nitrogen and oxygen atoms in total. The van der Waals surface area contributed by atoms with Gasteiger partial charge in [-0.2, -0.15) is 0 Å². The Kier molecular flexibility index (Phi) is 4.65. The van der Waals surface area contributed by atoms with Crippen molar-refractivity contribution in [2.75, 3.05) is 26.3 Å². The fraction of sp³-hybridized carbons (Fsp3) is 0.625. The quantitative estimate of drug-likeness (QED) is 0.913. The van der Waals surface area contributed by atoms with Crippen LogP contribution in [0.15, 0.2) is 24.3 Å². The third-order valence-corrected chi connectivity index (χ3v) is 4.44. The summed E-state index contributed by atoms with van der Waals surface area (Å²) in [5.41, 5.74) is 1.20. The van der Waals surface area contributed by atoms with Crippen molar-refractivity contribution < 1.29 is 9.13 Å². The standard InChI is InChI=1S/C16H23FN2O/c17-14-3-1-13(2-4-14)12-19(16-5-8-18-11-16)15-6-9-20-10-7-15/h1-4,15-16,18H,5-12H2/t16-/m0/s1. The maximum absolute atomic E-state index is 13.0. The summed E-state index contributed by atoms with van der Waals surface area (Å²) in [4.78, 5) is 2.61. The van der Waals surface area contributed by atoms with Gasteiger partial charge in [0.15, 0.2) is 0 Å². The molecule has 2 saturated heterocycles. The van der Waals surface area contributed by atoms with E-state index in [1.54, 1.807) is 12.1 Å². The van der Waals surface area contributed by atoms with Gasteiger partial charge in [-0.05, 0) is 43.5 Å². The van der Waals surface area contributed by atoms with Crippen molar-refractivity contribution in [2.45, 2.75) is 37.9 Å². The maximum Gasteiger partial charge on any atom is 0.123 e. The Bertz CT molecular complexity index is 411. The number of nitrogens with zero attached hydrogens (tertiary/aromatic N) is 1. The van der Waals surface area contributed by atoms with Crippen LogP contribution in [0.3, 0.4) is 0 Å². The molecule has 3 rings (SSSR count). The predicted molar refractivity (Wildman–Crippen MR) is 77.1 cm³/mol. The average Bonchev–Trinajstić information content (AvgIpc) is 3.01. The molecule has 0 saturated carbocycles. The first kappa shape index (κ1) is 14.0. The molecule has 4 heteroatoms. The first-order valence-electron chi connectivity index (χ1n) is 7.61. The highest BCUT2D eigenvalue weighted by Gasteiger charge is 2.29. The molecule has 2 aliphatic rings. The molecular formula is C16H23FN2O. The van der Waals surface area contributed by atoms with E-state index in [4.69, 9.17) is 4.74 Å². The van der Waals surface area contributed by atoms with Gasteiger partial charge in [0.1, 0.15) is 5.82 Å². The minimum atomic E-state index is -0.158. The number of nitrogens with one attached hydrogen (secondary N) is 1. The fourth-order valence-corrected chi connectivity index (χ4v) is 3.30. The molecule has 0 bridgehead atoms. The van der Waals surface area contributed by atoms with Crippen LogP contribution in [0.5, 0.6) is 0 Å². The zero-order valence-corrected chi connectivity index (χ0v) is 11.9. The maximum atomic E-state index is 13.0. The van der Waals surface area contributed by atoms with Crippen molar-refractivity contribution >= 4 is 0 Å². The number of halogens is 1. The van der Waals surface area contributed by atoms with E-state index in [1.807, 2.05) is 12.1 Å². The number of hydrogen-bond donors (Lipinski definition) is 1. The van der Waals surface area contributed by atoms with Crippen LogP contribution in [0.2, 0.25) is 0 Å². The third-order valence-electron chi connectivity index (χ3n) is 4.44. The molecule has 1 aromatic rings. The predicted octanol–water partition coefficient (Wildman–Crippen LogP) is 2.17. The van der Waals surface area contributed by atoms with Crippen molar-refractivity contribution in [1.29, 1.82) is 0 Å². The van der Waals surface area contributed by atoms with Crippen molar-refractivity contribution in [1.82, 2.24) is 10.2 Å². The lowest BCUT2D eigenvalue weighted by Crippen LogP contribution is -2.46. The highest BCUT2D eigenvalue weighted by Crippen LogP contribution is 2.23. The van der Waals surface area contributed by atoms with E-state index in [1.165, 1.54) is 12.0 Å². The van der Waals surface area contributed by atoms with Crippen LogP contribution in [0, 0.1) is 5.82 Å². The Balaban J connectivity index is 1.71. The Morgan fingerprint density at radius 3 is 2.50 bits per heavy atom. The number of ether oxygens (including phenoxy) is 1. The zero-order valence-electron chi connectivity index (χ0n) is 11.9. The van der Waals surface area contributed by atoms with Crippen molar-refractivity contribution in [3.8, 4) is 0 Å². The van der Waals surface area contributed by atoms with Gasteiger partial charge in [-0.15, -0.1) is 0 Å². The summed E-state index contributed by atoms with van der Waals surface area (Å²) in [5.74, 6) is -0.158. The minimum absolute atomic E-state index is 0.158. The third kappa shape index (κ3) is 3.37. The van der Waals surface area contributed by atoms with E-state index in [-0.39, 0.29) is 5.82 Å². The van der Waals surface area contributed by atoms with Gasteiger partial charge in [-0.3, -0.25) is 4.90 Å². The van der Waals surface area contributed by atoms with Crippen LogP contribution in [-0.2, 0) is 11.3 Å². The number of hydrogen-bond acceptors (Lipinski definition) is 3. The summed E-state index contributed by atoms with van der Waals surface area (Å²) < 4.78 is 18.5. The van der Waals surface area contributed by atoms with E-state index in [0.29, 0.717) is 12.1 Å². The molecule has 0 aliphatic carbocycles. The Hall–Kier alpha value is -0.970. The summed E-state index contributed by atoms with van der Waals surface area (Å²) in [6.45, 7) is 4.82. The van der Waals surface area contributed by atoms with Gasteiger partial charge < -0.3 is 10.1 Å². The van der Waals surface area contributed by atoms with E-state index in [2.05, 4.69) is 10.2 Å². The molecule has 0 radical (unpaired) electrons. The molecular weight excluding hydrogens is 255 g/mol. The number of benzene rings is 1. The fourth-order valence-electron chi connectivity index (χ4n) is 3.30. The van der Waals surface area contributed by atoms with Gasteiger partial charge in [-0.25, -0.2) is 4.39 Å². The summed E-state index contributed by atoms with van der Waals surface area (Å²) in [5, 5.41) is 3.45. The second kappa shape index (κ2) is 6.66. The lowest BCUT2D eigenvalue weighted by Gasteiger charge is -2.38. The van der Waals surface area contributed by atoms with Gasteiger partial charge >= 0.3 is 0 Å². The monoisotopic (exact) mass is 278 g/mol. The van der Waals surface area contributed by atoms with Crippen LogP contribution in [-0.4, -0.2) is 43.3 Å². The van der Waals surface area contributed by atoms with Gasteiger partial charge in [0, 0.05) is 38.4 Å². The molecule has 1 aromatic carbocycles. The zero-order chi connectivity index (χ0) is 13.8. The van der Waals surface area contributed by atoms with E-state index in [0.717, 1.165) is 45.7 Å². The summed E-state index contributed by atoms with van der Waals surface area (Å²) in [6.07, 6.45) is 3.42. The molecule has 110 valence electrons. The first-order valence-corrected chi connectivity index (χ1v) is 7.61. The molecule has 20 heavy (non-hydrogen) atoms. The molecule has 0 amide bonds. The second-order valence-corrected chi connectivity index (χ2v) is 5.79. The summed E-state index contributed by atoms with van der Waals surface area (Å²) in [7, 11) is 0. The molecule has 1 N–H and O–H groups in total. The molecule has 0 unspecified atom stereocenters. The average molecular weight is 278 g/mol. The molecule has 2 heterocycles. The van der Waals surface area contributed by atoms with Gasteiger partial charge in [0.25, 0.3) is 0 Å². The number of rotatable bonds is 4. The lowest BCUT2D eigenvalue weighted by atomic mass is 10.0. The minimum Gasteiger partial charge on any atom is -0.381 e. The Morgan fingerprint density at radius 2 is 1.85 bits per heavy atom. The van der Waals surface area contributed by atoms with Crippen molar-refractivity contribution in [3.05, 3.63) is 35.6 Å². The van der Waals surface area contributed by atoms with Gasteiger partial charge in [-0.1, -0.05) is 12.1 Å². The van der Waals surface area contributed by atoms with Crippen LogP contribution in [0.25, 0.3) is 0 Å². The molecule has 0 spiro atoms. The molecule has 0 aromatic heterocycles. The van der Waals surface area contributed by atoms with Crippen LogP contribution in [0.4, 0.5) is 4.39 Å². The Labute approximate surface area is 120 Å². The first-order chi connectivity index (χ1) is 9.83. The van der Waals surface area contributed by atoms with E-state index < -0.39 is 0 Å². The topological polar surface area (TPSA) is 24.5 Å². The van der Waals surface area contributed by atoms with E-state index >= 15 is 0 Å². The highest BCUT2D eigenvalue weighted by molar-refractivity contribution is 5.16.